The van der Waals surface area contributed by atoms with Gasteiger partial charge in [-0.15, -0.1) is 0 Å². The first-order valence-electron chi connectivity index (χ1n) is 16.2. The predicted molar refractivity (Wildman–Crippen MR) is 184 cm³/mol. The van der Waals surface area contributed by atoms with Gasteiger partial charge in [0.15, 0.2) is 0 Å². The standard InChI is InChI=1S/C36H41ClFN7O/c1-3-42(4-2)17-7-18-43-20-22-44(23-21-43)35(46)26-10-13-29(14-11-26)40-36-39-25-27-16-19-45(32-9-6-5-8-31(32)38)33-24-28(37)12-15-30(33)34(27)41-36/h5-6,8-15,24-25H,3-4,7,16-23H2,1-2H3,(H,39,40,41). The first-order chi connectivity index (χ1) is 22.4. The number of piperazine rings is 1. The Morgan fingerprint density at radius 3 is 2.46 bits per heavy atom. The first kappa shape index (κ1) is 31.9. The van der Waals surface area contributed by atoms with Gasteiger partial charge in [-0.25, -0.2) is 14.4 Å². The number of hydrogen-bond donors (Lipinski definition) is 1. The summed E-state index contributed by atoms with van der Waals surface area (Å²) in [7, 11) is 0. The van der Waals surface area contributed by atoms with Crippen molar-refractivity contribution in [3.05, 3.63) is 94.9 Å². The Labute approximate surface area is 275 Å². The maximum atomic E-state index is 14.9. The number of aromatic nitrogens is 2. The van der Waals surface area contributed by atoms with E-state index in [1.807, 2.05) is 64.5 Å². The van der Waals surface area contributed by atoms with Crippen LogP contribution in [0, 0.1) is 5.82 Å². The lowest BCUT2D eigenvalue weighted by Crippen LogP contribution is -2.49. The number of nitrogens with one attached hydrogen (secondary N) is 1. The van der Waals surface area contributed by atoms with Crippen molar-refractivity contribution >= 4 is 40.5 Å². The van der Waals surface area contributed by atoms with Crippen molar-refractivity contribution in [1.82, 2.24) is 24.7 Å². The van der Waals surface area contributed by atoms with Crippen LogP contribution >= 0.6 is 11.6 Å². The Kier molecular flexibility index (Phi) is 10.1. The highest BCUT2D eigenvalue weighted by atomic mass is 35.5. The Morgan fingerprint density at radius 2 is 1.72 bits per heavy atom. The van der Waals surface area contributed by atoms with Crippen molar-refractivity contribution in [2.24, 2.45) is 0 Å². The summed E-state index contributed by atoms with van der Waals surface area (Å²) in [4.78, 5) is 31.6. The van der Waals surface area contributed by atoms with Gasteiger partial charge in [0, 0.05) is 60.8 Å². The molecule has 4 aromatic rings. The minimum absolute atomic E-state index is 0.0605. The summed E-state index contributed by atoms with van der Waals surface area (Å²) in [5, 5.41) is 3.87. The Bertz CT molecular complexity index is 1650. The number of nitrogens with zero attached hydrogens (tertiary/aromatic N) is 6. The molecule has 6 rings (SSSR count). The molecule has 10 heteroatoms. The highest BCUT2D eigenvalue weighted by Gasteiger charge is 2.25. The zero-order valence-electron chi connectivity index (χ0n) is 26.6. The van der Waals surface area contributed by atoms with Gasteiger partial charge in [0.1, 0.15) is 5.82 Å². The molecule has 0 atom stereocenters. The van der Waals surface area contributed by atoms with E-state index in [4.69, 9.17) is 16.6 Å². The molecule has 3 heterocycles. The zero-order valence-corrected chi connectivity index (χ0v) is 27.3. The summed E-state index contributed by atoms with van der Waals surface area (Å²) >= 11 is 6.42. The number of carbonyl (C=O) groups is 1. The fourth-order valence-corrected chi connectivity index (χ4v) is 6.49. The van der Waals surface area contributed by atoms with Crippen LogP contribution in [0.2, 0.25) is 5.02 Å². The van der Waals surface area contributed by atoms with Gasteiger partial charge in [0.25, 0.3) is 5.91 Å². The van der Waals surface area contributed by atoms with Crippen LogP contribution in [0.25, 0.3) is 11.3 Å². The quantitative estimate of drug-likeness (QED) is 0.203. The molecule has 2 aliphatic heterocycles. The van der Waals surface area contributed by atoms with Crippen molar-refractivity contribution in [1.29, 1.82) is 0 Å². The molecule has 2 aliphatic rings. The third-order valence-corrected chi connectivity index (χ3v) is 9.24. The maximum Gasteiger partial charge on any atom is 0.253 e. The number of fused-ring (bicyclic) bond motifs is 3. The monoisotopic (exact) mass is 641 g/mol. The first-order valence-corrected chi connectivity index (χ1v) is 16.6. The van der Waals surface area contributed by atoms with Gasteiger partial charge in [-0.1, -0.05) is 37.6 Å². The van der Waals surface area contributed by atoms with Crippen LogP contribution in [-0.2, 0) is 6.42 Å². The van der Waals surface area contributed by atoms with Gasteiger partial charge in [0.2, 0.25) is 5.95 Å². The normalized spacial score (nSPS) is 15.0. The van der Waals surface area contributed by atoms with Crippen molar-refractivity contribution in [2.75, 3.05) is 69.1 Å². The van der Waals surface area contributed by atoms with E-state index in [0.29, 0.717) is 35.2 Å². The molecule has 46 heavy (non-hydrogen) atoms. The van der Waals surface area contributed by atoms with E-state index in [1.165, 1.54) is 6.07 Å². The van der Waals surface area contributed by atoms with E-state index in [-0.39, 0.29) is 11.7 Å². The highest BCUT2D eigenvalue weighted by Crippen LogP contribution is 2.41. The number of rotatable bonds is 10. The fraction of sp³-hybridized carbons (Fsp3) is 0.361. The molecule has 1 N–H and O–H groups in total. The largest absolute Gasteiger partial charge is 0.338 e. The summed E-state index contributed by atoms with van der Waals surface area (Å²) in [6.45, 7) is 12.7. The third-order valence-electron chi connectivity index (χ3n) is 9.01. The number of anilines is 4. The summed E-state index contributed by atoms with van der Waals surface area (Å²) in [6.07, 6.45) is 3.62. The van der Waals surface area contributed by atoms with E-state index >= 15 is 0 Å². The summed E-state index contributed by atoms with van der Waals surface area (Å²) in [6, 6.07) is 19.9. The summed E-state index contributed by atoms with van der Waals surface area (Å²) < 4.78 is 14.9. The molecule has 0 unspecified atom stereocenters. The second-order valence-corrected chi connectivity index (χ2v) is 12.2. The Balaban J connectivity index is 1.11. The van der Waals surface area contributed by atoms with Crippen LogP contribution in [-0.4, -0.2) is 89.5 Å². The summed E-state index contributed by atoms with van der Waals surface area (Å²) in [5.41, 5.74) is 5.35. The molecule has 0 saturated carbocycles. The van der Waals surface area contributed by atoms with Gasteiger partial charge in [-0.05, 0) is 99.2 Å². The fourth-order valence-electron chi connectivity index (χ4n) is 6.33. The topological polar surface area (TPSA) is 67.8 Å². The van der Waals surface area contributed by atoms with Crippen LogP contribution in [0.4, 0.5) is 27.4 Å². The van der Waals surface area contributed by atoms with E-state index in [9.17, 15) is 9.18 Å². The number of halogens is 2. The van der Waals surface area contributed by atoms with Crippen molar-refractivity contribution in [3.8, 4) is 11.3 Å². The molecular weight excluding hydrogens is 601 g/mol. The lowest BCUT2D eigenvalue weighted by molar-refractivity contribution is 0.0632. The van der Waals surface area contributed by atoms with Crippen LogP contribution in [0.3, 0.4) is 0 Å². The summed E-state index contributed by atoms with van der Waals surface area (Å²) in [5.74, 6) is 0.207. The Hall–Kier alpha value is -4.05. The van der Waals surface area contributed by atoms with Gasteiger partial charge in [0.05, 0.1) is 17.1 Å². The average molecular weight is 642 g/mol. The smallest absolute Gasteiger partial charge is 0.253 e. The molecule has 0 radical (unpaired) electrons. The lowest BCUT2D eigenvalue weighted by Gasteiger charge is -2.35. The second-order valence-electron chi connectivity index (χ2n) is 11.8. The molecule has 0 spiro atoms. The molecule has 1 saturated heterocycles. The molecule has 240 valence electrons. The van der Waals surface area contributed by atoms with E-state index < -0.39 is 0 Å². The lowest BCUT2D eigenvalue weighted by atomic mass is 10.0. The molecule has 8 nitrogen and oxygen atoms in total. The van der Waals surface area contributed by atoms with Gasteiger partial charge < -0.3 is 20.0 Å². The molecular formula is C36H41ClFN7O. The van der Waals surface area contributed by atoms with Gasteiger partial charge in [-0.2, -0.15) is 0 Å². The van der Waals surface area contributed by atoms with Crippen molar-refractivity contribution in [2.45, 2.75) is 26.7 Å². The minimum Gasteiger partial charge on any atom is -0.338 e. The van der Waals surface area contributed by atoms with Crippen molar-refractivity contribution < 1.29 is 9.18 Å². The Morgan fingerprint density at radius 1 is 0.957 bits per heavy atom. The van der Waals surface area contributed by atoms with E-state index in [2.05, 4.69) is 33.9 Å². The van der Waals surface area contributed by atoms with Crippen LogP contribution in [0.1, 0.15) is 36.2 Å². The van der Waals surface area contributed by atoms with E-state index in [0.717, 1.165) is 87.0 Å². The molecule has 1 fully saturated rings. The SMILES string of the molecule is CCN(CC)CCCN1CCN(C(=O)c2ccc(Nc3ncc4c(n3)-c3ccc(Cl)cc3N(c3ccccc3F)CC4)cc2)CC1. The number of hydrogen-bond acceptors (Lipinski definition) is 7. The van der Waals surface area contributed by atoms with Gasteiger partial charge in [-0.3, -0.25) is 9.69 Å². The molecule has 0 bridgehead atoms. The molecule has 1 aromatic heterocycles. The van der Waals surface area contributed by atoms with Crippen LogP contribution < -0.4 is 10.2 Å². The number of para-hydroxylation sites is 1. The number of benzene rings is 3. The van der Waals surface area contributed by atoms with E-state index in [1.54, 1.807) is 12.1 Å². The predicted octanol–water partition coefficient (Wildman–Crippen LogP) is 6.86. The van der Waals surface area contributed by atoms with Crippen LogP contribution in [0.5, 0.6) is 0 Å². The van der Waals surface area contributed by atoms with Gasteiger partial charge >= 0.3 is 0 Å². The average Bonchev–Trinajstić information content (AvgIpc) is 3.23. The highest BCUT2D eigenvalue weighted by molar-refractivity contribution is 6.31. The maximum absolute atomic E-state index is 14.9. The second kappa shape index (κ2) is 14.6. The number of carbonyl (C=O) groups excluding carboxylic acids is 1. The number of amides is 1. The van der Waals surface area contributed by atoms with Crippen molar-refractivity contribution in [3.63, 3.8) is 0 Å². The molecule has 0 aliphatic carbocycles. The minimum atomic E-state index is -0.293. The molecule has 1 amide bonds. The zero-order chi connectivity index (χ0) is 32.0. The molecule has 3 aromatic carbocycles. The third kappa shape index (κ3) is 7.17. The van der Waals surface area contributed by atoms with Crippen LogP contribution in [0.15, 0.2) is 72.9 Å².